The number of carbonyl (C=O) groups is 2. The van der Waals surface area contributed by atoms with E-state index in [1.54, 1.807) is 0 Å². The van der Waals surface area contributed by atoms with E-state index in [-0.39, 0.29) is 24.5 Å². The quantitative estimate of drug-likeness (QED) is 0.745. The molecule has 3 fully saturated rings. The molecule has 20 heavy (non-hydrogen) atoms. The van der Waals surface area contributed by atoms with E-state index in [4.69, 9.17) is 0 Å². The van der Waals surface area contributed by atoms with Crippen molar-refractivity contribution in [3.05, 3.63) is 0 Å². The Balaban J connectivity index is 1.55. The van der Waals surface area contributed by atoms with E-state index in [0.717, 1.165) is 26.1 Å². The van der Waals surface area contributed by atoms with Crippen molar-refractivity contribution >= 4 is 11.9 Å². The zero-order valence-corrected chi connectivity index (χ0v) is 12.2. The maximum Gasteiger partial charge on any atom is 0.324 e. The number of imide groups is 1. The van der Waals surface area contributed by atoms with E-state index in [1.165, 1.54) is 30.8 Å². The summed E-state index contributed by atoms with van der Waals surface area (Å²) in [5, 5.41) is 2.62. The fraction of sp³-hybridized carbons (Fsp3) is 0.857. The van der Waals surface area contributed by atoms with Crippen LogP contribution in [0.3, 0.4) is 0 Å². The van der Waals surface area contributed by atoms with Gasteiger partial charge in [-0.1, -0.05) is 6.92 Å². The average molecular weight is 280 g/mol. The zero-order valence-electron chi connectivity index (χ0n) is 12.2. The molecule has 1 unspecified atom stereocenters. The van der Waals surface area contributed by atoms with Crippen molar-refractivity contribution in [2.75, 3.05) is 39.3 Å². The number of likely N-dealkylation sites (tertiary alicyclic amines) is 2. The van der Waals surface area contributed by atoms with Crippen LogP contribution in [0, 0.1) is 0 Å². The number of nitrogens with one attached hydrogen (secondary N) is 1. The third kappa shape index (κ3) is 2.54. The molecule has 3 rings (SSSR count). The van der Waals surface area contributed by atoms with Gasteiger partial charge in [0, 0.05) is 19.1 Å². The predicted octanol–water partition coefficient (Wildman–Crippen LogP) is 0.0968. The van der Waals surface area contributed by atoms with E-state index in [2.05, 4.69) is 22.0 Å². The molecule has 0 aromatic heterocycles. The average Bonchev–Trinajstić information content (AvgIpc) is 3.06. The number of urea groups is 1. The lowest BCUT2D eigenvalue weighted by Crippen LogP contribution is -2.46. The second-order valence-corrected chi connectivity index (χ2v) is 6.03. The molecule has 0 aromatic rings. The van der Waals surface area contributed by atoms with Gasteiger partial charge in [-0.25, -0.2) is 4.79 Å². The number of nitrogens with zero attached hydrogens (tertiary/aromatic N) is 3. The van der Waals surface area contributed by atoms with Crippen LogP contribution >= 0.6 is 0 Å². The van der Waals surface area contributed by atoms with E-state index in [0.29, 0.717) is 6.04 Å². The highest BCUT2D eigenvalue weighted by Gasteiger charge is 2.40. The lowest BCUT2D eigenvalue weighted by molar-refractivity contribution is -0.126. The summed E-state index contributed by atoms with van der Waals surface area (Å²) in [6, 6.07) is 0.500. The number of amides is 3. The molecule has 3 saturated heterocycles. The first-order chi connectivity index (χ1) is 9.69. The van der Waals surface area contributed by atoms with Crippen LogP contribution in [-0.2, 0) is 4.79 Å². The molecule has 0 bridgehead atoms. The molecule has 1 atom stereocenters. The summed E-state index contributed by atoms with van der Waals surface area (Å²) in [5.41, 5.74) is 0. The Morgan fingerprint density at radius 2 is 1.80 bits per heavy atom. The van der Waals surface area contributed by atoms with Crippen molar-refractivity contribution < 1.29 is 9.59 Å². The SMILES string of the molecule is CCN1CCC(N2CCC(N3C(=O)CNC3=O)C2)CC1. The van der Waals surface area contributed by atoms with Gasteiger partial charge in [0.05, 0.1) is 12.6 Å². The third-order valence-electron chi connectivity index (χ3n) is 4.96. The second-order valence-electron chi connectivity index (χ2n) is 6.03. The number of hydrogen-bond acceptors (Lipinski definition) is 4. The van der Waals surface area contributed by atoms with Crippen molar-refractivity contribution in [1.82, 2.24) is 20.0 Å². The summed E-state index contributed by atoms with van der Waals surface area (Å²) < 4.78 is 0. The lowest BCUT2D eigenvalue weighted by atomic mass is 10.0. The first-order valence-corrected chi connectivity index (χ1v) is 7.75. The number of rotatable bonds is 3. The molecule has 0 aliphatic carbocycles. The van der Waals surface area contributed by atoms with Gasteiger partial charge >= 0.3 is 6.03 Å². The summed E-state index contributed by atoms with van der Waals surface area (Å²) in [4.78, 5) is 29.9. The predicted molar refractivity (Wildman–Crippen MR) is 75.4 cm³/mol. The molecule has 0 saturated carbocycles. The topological polar surface area (TPSA) is 55.9 Å². The minimum absolute atomic E-state index is 0.0670. The Bertz CT molecular complexity index is 377. The van der Waals surface area contributed by atoms with Crippen molar-refractivity contribution in [2.24, 2.45) is 0 Å². The summed E-state index contributed by atoms with van der Waals surface area (Å²) >= 11 is 0. The summed E-state index contributed by atoms with van der Waals surface area (Å²) in [5.74, 6) is -0.0670. The van der Waals surface area contributed by atoms with Crippen molar-refractivity contribution in [3.63, 3.8) is 0 Å². The van der Waals surface area contributed by atoms with Gasteiger partial charge in [0.25, 0.3) is 0 Å². The fourth-order valence-corrected chi connectivity index (χ4v) is 3.72. The zero-order chi connectivity index (χ0) is 14.1. The monoisotopic (exact) mass is 280 g/mol. The molecule has 6 nitrogen and oxygen atoms in total. The lowest BCUT2D eigenvalue weighted by Gasteiger charge is -2.36. The summed E-state index contributed by atoms with van der Waals surface area (Å²) in [6.07, 6.45) is 3.34. The molecule has 3 aliphatic rings. The standard InChI is InChI=1S/C14H24N4O2/c1-2-16-6-3-11(4-7-16)17-8-5-12(10-17)18-13(19)9-15-14(18)20/h11-12H,2-10H2,1H3,(H,15,20). The molecular formula is C14H24N4O2. The van der Waals surface area contributed by atoms with Crippen LogP contribution in [0.2, 0.25) is 0 Å². The van der Waals surface area contributed by atoms with Crippen LogP contribution in [0.15, 0.2) is 0 Å². The van der Waals surface area contributed by atoms with Gasteiger partial charge in [0.1, 0.15) is 0 Å². The first-order valence-electron chi connectivity index (χ1n) is 7.75. The first kappa shape index (κ1) is 13.8. The van der Waals surface area contributed by atoms with Gasteiger partial charge in [-0.3, -0.25) is 14.6 Å². The molecule has 3 aliphatic heterocycles. The van der Waals surface area contributed by atoms with Crippen LogP contribution in [0.4, 0.5) is 4.79 Å². The molecule has 0 spiro atoms. The van der Waals surface area contributed by atoms with E-state index in [9.17, 15) is 9.59 Å². The minimum atomic E-state index is -0.206. The highest BCUT2D eigenvalue weighted by atomic mass is 16.2. The second kappa shape index (κ2) is 5.69. The van der Waals surface area contributed by atoms with E-state index >= 15 is 0 Å². The Morgan fingerprint density at radius 3 is 2.40 bits per heavy atom. The highest BCUT2D eigenvalue weighted by Crippen LogP contribution is 2.24. The van der Waals surface area contributed by atoms with Crippen LogP contribution in [0.1, 0.15) is 26.2 Å². The Hall–Kier alpha value is -1.14. The third-order valence-corrected chi connectivity index (χ3v) is 4.96. The Kier molecular flexibility index (Phi) is 3.94. The number of piperidine rings is 1. The largest absolute Gasteiger partial charge is 0.329 e. The van der Waals surface area contributed by atoms with E-state index < -0.39 is 0 Å². The molecule has 0 aromatic carbocycles. The maximum absolute atomic E-state index is 11.8. The molecule has 0 radical (unpaired) electrons. The molecule has 1 N–H and O–H groups in total. The molecule has 3 amide bonds. The Labute approximate surface area is 120 Å². The summed E-state index contributed by atoms with van der Waals surface area (Å²) in [7, 11) is 0. The van der Waals surface area contributed by atoms with Crippen LogP contribution in [0.5, 0.6) is 0 Å². The maximum atomic E-state index is 11.8. The van der Waals surface area contributed by atoms with Crippen LogP contribution in [-0.4, -0.2) is 78.0 Å². The van der Waals surface area contributed by atoms with Gasteiger partial charge < -0.3 is 10.2 Å². The normalized spacial score (nSPS) is 30.2. The van der Waals surface area contributed by atoms with Gasteiger partial charge in [0.2, 0.25) is 5.91 Å². The van der Waals surface area contributed by atoms with Crippen molar-refractivity contribution in [1.29, 1.82) is 0 Å². The smallest absolute Gasteiger partial charge is 0.324 e. The van der Waals surface area contributed by atoms with Gasteiger partial charge in [-0.05, 0) is 38.9 Å². The number of hydrogen-bond donors (Lipinski definition) is 1. The molecule has 112 valence electrons. The van der Waals surface area contributed by atoms with Gasteiger partial charge in [-0.15, -0.1) is 0 Å². The van der Waals surface area contributed by atoms with Crippen LogP contribution in [0.25, 0.3) is 0 Å². The van der Waals surface area contributed by atoms with E-state index in [1.807, 2.05) is 0 Å². The highest BCUT2D eigenvalue weighted by molar-refractivity contribution is 6.02. The molecule has 6 heteroatoms. The van der Waals surface area contributed by atoms with Crippen LogP contribution < -0.4 is 5.32 Å². The fourth-order valence-electron chi connectivity index (χ4n) is 3.72. The van der Waals surface area contributed by atoms with Crippen molar-refractivity contribution in [2.45, 2.75) is 38.3 Å². The molecular weight excluding hydrogens is 256 g/mol. The minimum Gasteiger partial charge on any atom is -0.329 e. The Morgan fingerprint density at radius 1 is 1.10 bits per heavy atom. The number of carbonyl (C=O) groups excluding carboxylic acids is 2. The molecule has 3 heterocycles. The van der Waals surface area contributed by atoms with Crippen molar-refractivity contribution in [3.8, 4) is 0 Å². The van der Waals surface area contributed by atoms with Gasteiger partial charge in [0.15, 0.2) is 0 Å². The summed E-state index contributed by atoms with van der Waals surface area (Å²) in [6.45, 7) is 7.73. The van der Waals surface area contributed by atoms with Gasteiger partial charge in [-0.2, -0.15) is 0 Å².